The molecular weight excluding hydrogens is 382 g/mol. The number of hydrogen-bond donors (Lipinski definition) is 0. The molecule has 0 N–H and O–H groups in total. The Bertz CT molecular complexity index is 1070. The second-order valence-electron chi connectivity index (χ2n) is 6.61. The van der Waals surface area contributed by atoms with Crippen molar-refractivity contribution in [2.24, 2.45) is 0 Å². The molecule has 1 saturated heterocycles. The first-order chi connectivity index (χ1) is 14.1. The van der Waals surface area contributed by atoms with Gasteiger partial charge in [0.15, 0.2) is 0 Å². The standard InChI is InChI=1S/C24H19NO3S/c1-28-21-12-10-17(11-13-21)16-25-23(26)22(29-24(25)27)15-18-6-5-9-20(14-18)19-7-3-2-4-8-19/h2-15H,16H2,1H3. The minimum atomic E-state index is -0.263. The third-order valence-corrected chi connectivity index (χ3v) is 5.57. The van der Waals surface area contributed by atoms with E-state index in [0.717, 1.165) is 39.8 Å². The van der Waals surface area contributed by atoms with Crippen LogP contribution in [0.15, 0.2) is 83.8 Å². The zero-order valence-corrected chi connectivity index (χ0v) is 16.7. The summed E-state index contributed by atoms with van der Waals surface area (Å²) in [5, 5.41) is -0.253. The number of carbonyl (C=O) groups is 2. The number of nitrogens with zero attached hydrogens (tertiary/aromatic N) is 1. The monoisotopic (exact) mass is 401 g/mol. The van der Waals surface area contributed by atoms with Crippen LogP contribution in [-0.2, 0) is 11.3 Å². The molecule has 4 nitrogen and oxygen atoms in total. The molecule has 3 aromatic rings. The van der Waals surface area contributed by atoms with Crippen LogP contribution in [-0.4, -0.2) is 23.2 Å². The lowest BCUT2D eigenvalue weighted by Gasteiger charge is -2.12. The zero-order valence-electron chi connectivity index (χ0n) is 15.9. The van der Waals surface area contributed by atoms with Gasteiger partial charge in [-0.2, -0.15) is 0 Å². The Balaban J connectivity index is 1.54. The number of methoxy groups -OCH3 is 1. The number of ether oxygens (including phenoxy) is 1. The van der Waals surface area contributed by atoms with Gasteiger partial charge < -0.3 is 4.74 Å². The molecule has 1 heterocycles. The zero-order chi connectivity index (χ0) is 20.2. The molecule has 2 amide bonds. The molecule has 4 rings (SSSR count). The number of benzene rings is 3. The molecule has 29 heavy (non-hydrogen) atoms. The van der Waals surface area contributed by atoms with Crippen LogP contribution in [0.1, 0.15) is 11.1 Å². The van der Waals surface area contributed by atoms with E-state index in [1.54, 1.807) is 13.2 Å². The van der Waals surface area contributed by atoms with Crippen LogP contribution in [0.2, 0.25) is 0 Å². The van der Waals surface area contributed by atoms with Crippen molar-refractivity contribution in [2.45, 2.75) is 6.54 Å². The van der Waals surface area contributed by atoms with E-state index in [0.29, 0.717) is 4.91 Å². The highest BCUT2D eigenvalue weighted by molar-refractivity contribution is 8.18. The van der Waals surface area contributed by atoms with Gasteiger partial charge in [-0.25, -0.2) is 0 Å². The lowest BCUT2D eigenvalue weighted by Crippen LogP contribution is -2.27. The topological polar surface area (TPSA) is 46.6 Å². The summed E-state index contributed by atoms with van der Waals surface area (Å²) < 4.78 is 5.15. The maximum absolute atomic E-state index is 12.8. The van der Waals surface area contributed by atoms with E-state index < -0.39 is 0 Å². The van der Waals surface area contributed by atoms with E-state index in [1.165, 1.54) is 4.90 Å². The largest absolute Gasteiger partial charge is 0.497 e. The molecule has 0 saturated carbocycles. The smallest absolute Gasteiger partial charge is 0.293 e. The fourth-order valence-corrected chi connectivity index (χ4v) is 3.98. The molecule has 0 spiro atoms. The van der Waals surface area contributed by atoms with Crippen LogP contribution in [0, 0.1) is 0 Å². The maximum Gasteiger partial charge on any atom is 0.293 e. The van der Waals surface area contributed by atoms with Gasteiger partial charge in [0.2, 0.25) is 0 Å². The highest BCUT2D eigenvalue weighted by Crippen LogP contribution is 2.34. The second-order valence-corrected chi connectivity index (χ2v) is 7.60. The summed E-state index contributed by atoms with van der Waals surface area (Å²) in [6.07, 6.45) is 1.78. The maximum atomic E-state index is 12.8. The summed E-state index contributed by atoms with van der Waals surface area (Å²) in [5.41, 5.74) is 3.94. The van der Waals surface area contributed by atoms with E-state index in [1.807, 2.05) is 78.9 Å². The average molecular weight is 401 g/mol. The number of hydrogen-bond acceptors (Lipinski definition) is 4. The van der Waals surface area contributed by atoms with E-state index in [-0.39, 0.29) is 17.7 Å². The van der Waals surface area contributed by atoms with Crippen LogP contribution in [0.25, 0.3) is 17.2 Å². The van der Waals surface area contributed by atoms with Crippen LogP contribution in [0.5, 0.6) is 5.75 Å². The molecule has 144 valence electrons. The van der Waals surface area contributed by atoms with Crippen molar-refractivity contribution in [3.8, 4) is 16.9 Å². The van der Waals surface area contributed by atoms with Gasteiger partial charge in [-0.1, -0.05) is 60.7 Å². The highest BCUT2D eigenvalue weighted by Gasteiger charge is 2.34. The van der Waals surface area contributed by atoms with E-state index in [4.69, 9.17) is 4.74 Å². The highest BCUT2D eigenvalue weighted by atomic mass is 32.2. The van der Waals surface area contributed by atoms with Gasteiger partial charge in [0.1, 0.15) is 5.75 Å². The molecule has 1 aliphatic heterocycles. The average Bonchev–Trinajstić information content (AvgIpc) is 3.02. The lowest BCUT2D eigenvalue weighted by molar-refractivity contribution is -0.123. The quantitative estimate of drug-likeness (QED) is 0.522. The Kier molecular flexibility index (Phi) is 5.49. The summed E-state index contributed by atoms with van der Waals surface area (Å²) in [6, 6.07) is 25.3. The van der Waals surface area contributed by atoms with Gasteiger partial charge in [0.25, 0.3) is 11.1 Å². The number of thioether (sulfide) groups is 1. The van der Waals surface area contributed by atoms with Crippen molar-refractivity contribution in [1.29, 1.82) is 0 Å². The molecule has 0 atom stereocenters. The van der Waals surface area contributed by atoms with Crippen LogP contribution < -0.4 is 4.74 Å². The first kappa shape index (κ1) is 19.0. The van der Waals surface area contributed by atoms with Gasteiger partial charge in [0, 0.05) is 0 Å². The van der Waals surface area contributed by atoms with Crippen LogP contribution in [0.3, 0.4) is 0 Å². The van der Waals surface area contributed by atoms with Crippen molar-refractivity contribution in [2.75, 3.05) is 7.11 Å². The summed E-state index contributed by atoms with van der Waals surface area (Å²) in [4.78, 5) is 26.9. The van der Waals surface area contributed by atoms with Gasteiger partial charge in [0.05, 0.1) is 18.6 Å². The molecule has 0 unspecified atom stereocenters. The van der Waals surface area contributed by atoms with Crippen molar-refractivity contribution >= 4 is 29.0 Å². The molecule has 0 aromatic heterocycles. The summed E-state index contributed by atoms with van der Waals surface area (Å²) in [7, 11) is 1.60. The van der Waals surface area contributed by atoms with Crippen molar-refractivity contribution in [1.82, 2.24) is 4.90 Å². The molecular formula is C24H19NO3S. The third kappa shape index (κ3) is 4.25. The molecule has 3 aromatic carbocycles. The summed E-state index contributed by atoms with van der Waals surface area (Å²) in [6.45, 7) is 0.246. The van der Waals surface area contributed by atoms with Gasteiger partial charge in [-0.15, -0.1) is 0 Å². The number of imide groups is 1. The Morgan fingerprint density at radius 3 is 2.34 bits per heavy atom. The van der Waals surface area contributed by atoms with Crippen LogP contribution >= 0.6 is 11.8 Å². The third-order valence-electron chi connectivity index (χ3n) is 4.66. The Labute approximate surface area is 173 Å². The normalized spacial score (nSPS) is 15.2. The van der Waals surface area contributed by atoms with Gasteiger partial charge in [-0.05, 0) is 58.3 Å². The molecule has 5 heteroatoms. The van der Waals surface area contributed by atoms with Crippen molar-refractivity contribution in [3.05, 3.63) is 94.9 Å². The van der Waals surface area contributed by atoms with Crippen LogP contribution in [0.4, 0.5) is 4.79 Å². The predicted octanol–water partition coefficient (Wildman–Crippen LogP) is 5.60. The van der Waals surface area contributed by atoms with Gasteiger partial charge in [-0.3, -0.25) is 14.5 Å². The van der Waals surface area contributed by atoms with Gasteiger partial charge >= 0.3 is 0 Å². The fraction of sp³-hybridized carbons (Fsp3) is 0.0833. The number of rotatable bonds is 5. The van der Waals surface area contributed by atoms with E-state index >= 15 is 0 Å². The Morgan fingerprint density at radius 2 is 1.62 bits per heavy atom. The first-order valence-electron chi connectivity index (χ1n) is 9.18. The molecule has 0 bridgehead atoms. The number of amides is 2. The second kappa shape index (κ2) is 8.37. The molecule has 0 radical (unpaired) electrons. The predicted molar refractivity (Wildman–Crippen MR) is 116 cm³/mol. The summed E-state index contributed by atoms with van der Waals surface area (Å²) >= 11 is 0.979. The minimum Gasteiger partial charge on any atom is -0.497 e. The first-order valence-corrected chi connectivity index (χ1v) is 9.99. The fourth-order valence-electron chi connectivity index (χ4n) is 3.14. The van der Waals surface area contributed by atoms with Crippen molar-refractivity contribution in [3.63, 3.8) is 0 Å². The Morgan fingerprint density at radius 1 is 0.897 bits per heavy atom. The van der Waals surface area contributed by atoms with E-state index in [2.05, 4.69) is 0 Å². The summed E-state index contributed by atoms with van der Waals surface area (Å²) in [5.74, 6) is 0.474. The van der Waals surface area contributed by atoms with Crippen molar-refractivity contribution < 1.29 is 14.3 Å². The SMILES string of the molecule is COc1ccc(CN2C(=O)SC(=Cc3cccc(-c4ccccc4)c3)C2=O)cc1. The Hall–Kier alpha value is -3.31. The minimum absolute atomic E-state index is 0.246. The lowest BCUT2D eigenvalue weighted by atomic mass is 10.0. The molecule has 1 fully saturated rings. The molecule has 1 aliphatic rings. The molecule has 0 aliphatic carbocycles. The van der Waals surface area contributed by atoms with E-state index in [9.17, 15) is 9.59 Å². The number of carbonyl (C=O) groups excluding carboxylic acids is 2.